The van der Waals surface area contributed by atoms with Gasteiger partial charge in [-0.1, -0.05) is 18.9 Å². The number of hydrogen-bond donors (Lipinski definition) is 4. The number of aliphatic carboxylic acids is 2. The molecule has 1 aliphatic carbocycles. The van der Waals surface area contributed by atoms with Crippen LogP contribution in [0.25, 0.3) is 0 Å². The molecule has 0 unspecified atom stereocenters. The molecular weight excluding hydrogens is 560 g/mol. The molecule has 4 amide bonds. The molecule has 4 rings (SSSR count). The van der Waals surface area contributed by atoms with Crippen LogP contribution in [0.15, 0.2) is 17.5 Å². The summed E-state index contributed by atoms with van der Waals surface area (Å²) in [6.45, 7) is 0.0426. The predicted octanol–water partition coefficient (Wildman–Crippen LogP) is 0.872. The highest BCUT2D eigenvalue weighted by atomic mass is 32.2. The first kappa shape index (κ1) is 29.8. The normalized spacial score (nSPS) is 28.2. The second-order valence-corrected chi connectivity index (χ2v) is 12.3. The van der Waals surface area contributed by atoms with Crippen LogP contribution in [0.3, 0.4) is 0 Å². The minimum atomic E-state index is -1.19. The van der Waals surface area contributed by atoms with Crippen molar-refractivity contribution in [2.45, 2.75) is 62.7 Å². The van der Waals surface area contributed by atoms with Crippen molar-refractivity contribution < 1.29 is 39.0 Å². The van der Waals surface area contributed by atoms with E-state index >= 15 is 0 Å². The Kier molecular flexibility index (Phi) is 9.72. The summed E-state index contributed by atoms with van der Waals surface area (Å²) in [5.41, 5.74) is 0. The third kappa shape index (κ3) is 6.60. The van der Waals surface area contributed by atoms with Crippen molar-refractivity contribution in [1.82, 2.24) is 20.4 Å². The Hall–Kier alpha value is -3.13. The van der Waals surface area contributed by atoms with Gasteiger partial charge >= 0.3 is 11.9 Å². The predicted molar refractivity (Wildman–Crippen MR) is 147 cm³/mol. The Morgan fingerprint density at radius 3 is 1.88 bits per heavy atom. The highest BCUT2D eigenvalue weighted by molar-refractivity contribution is 7.99. The summed E-state index contributed by atoms with van der Waals surface area (Å²) in [4.78, 5) is 79.3. The first-order valence-corrected chi connectivity index (χ1v) is 15.6. The molecule has 0 radical (unpaired) electrons. The van der Waals surface area contributed by atoms with Crippen molar-refractivity contribution in [3.05, 3.63) is 22.4 Å². The molecule has 0 spiro atoms. The van der Waals surface area contributed by atoms with Crippen LogP contribution in [-0.2, 0) is 24.0 Å². The van der Waals surface area contributed by atoms with E-state index in [9.17, 15) is 39.0 Å². The molecule has 1 aromatic rings. The van der Waals surface area contributed by atoms with Crippen molar-refractivity contribution in [3.8, 4) is 0 Å². The van der Waals surface area contributed by atoms with Crippen LogP contribution in [0.4, 0.5) is 0 Å². The number of thioether (sulfide) groups is 1. The number of likely N-dealkylation sites (tertiary alicyclic amines) is 2. The van der Waals surface area contributed by atoms with Gasteiger partial charge in [0.15, 0.2) is 0 Å². The summed E-state index contributed by atoms with van der Waals surface area (Å²) in [6.07, 6.45) is 4.02. The summed E-state index contributed by atoms with van der Waals surface area (Å²) in [5, 5.41) is 27.0. The van der Waals surface area contributed by atoms with E-state index in [1.807, 2.05) is 0 Å². The highest BCUT2D eigenvalue weighted by Gasteiger charge is 2.49. The minimum absolute atomic E-state index is 0.00926. The number of thiophene rings is 1. The Labute approximate surface area is 239 Å². The Morgan fingerprint density at radius 1 is 0.900 bits per heavy atom. The van der Waals surface area contributed by atoms with Crippen LogP contribution in [0, 0.1) is 11.8 Å². The number of nitrogens with one attached hydrogen (secondary N) is 2. The number of nitrogens with zero attached hydrogens (tertiary/aromatic N) is 2. The first-order chi connectivity index (χ1) is 19.1. The Balaban J connectivity index is 1.48. The SMILES string of the molecule is CSCC(=O)N[C@H]1C[C@@H](C(=O)O)N(C(=O)[C@H]2CCCC[C@H]2C(=O)N2C[C@@H](NC(=O)c3cccs3)C[C@H]2C(=O)O)C1. The molecule has 6 atom stereocenters. The molecule has 12 nitrogen and oxygen atoms in total. The van der Waals surface area contributed by atoms with Crippen molar-refractivity contribution in [1.29, 1.82) is 0 Å². The molecule has 14 heteroatoms. The average Bonchev–Trinajstić information content (AvgIpc) is 3.68. The number of amides is 4. The number of rotatable bonds is 9. The molecule has 3 aliphatic rings. The molecule has 1 saturated carbocycles. The van der Waals surface area contributed by atoms with Gasteiger partial charge in [-0.3, -0.25) is 19.2 Å². The molecule has 4 N–H and O–H groups in total. The van der Waals surface area contributed by atoms with E-state index in [4.69, 9.17) is 0 Å². The quantitative estimate of drug-likeness (QED) is 0.324. The summed E-state index contributed by atoms with van der Waals surface area (Å²) in [7, 11) is 0. The maximum atomic E-state index is 13.8. The lowest BCUT2D eigenvalue weighted by Gasteiger charge is -2.36. The zero-order chi connectivity index (χ0) is 29.0. The molecule has 0 aromatic carbocycles. The van der Waals surface area contributed by atoms with E-state index in [0.29, 0.717) is 30.6 Å². The summed E-state index contributed by atoms with van der Waals surface area (Å²) < 4.78 is 0. The van der Waals surface area contributed by atoms with Gasteiger partial charge in [-0.05, 0) is 30.5 Å². The van der Waals surface area contributed by atoms with E-state index in [2.05, 4.69) is 10.6 Å². The maximum absolute atomic E-state index is 13.8. The number of carboxylic acid groups (broad SMARTS) is 2. The van der Waals surface area contributed by atoms with Crippen molar-refractivity contribution in [2.75, 3.05) is 25.1 Å². The summed E-state index contributed by atoms with van der Waals surface area (Å²) >= 11 is 2.59. The molecule has 1 aromatic heterocycles. The van der Waals surface area contributed by atoms with E-state index < -0.39 is 59.8 Å². The van der Waals surface area contributed by atoms with Gasteiger partial charge in [-0.25, -0.2) is 9.59 Å². The van der Waals surface area contributed by atoms with Gasteiger partial charge in [0, 0.05) is 49.9 Å². The van der Waals surface area contributed by atoms with Crippen molar-refractivity contribution in [2.24, 2.45) is 11.8 Å². The lowest BCUT2D eigenvalue weighted by Crippen LogP contribution is -2.51. The van der Waals surface area contributed by atoms with Crippen molar-refractivity contribution in [3.63, 3.8) is 0 Å². The largest absolute Gasteiger partial charge is 0.480 e. The Morgan fingerprint density at radius 2 is 1.43 bits per heavy atom. The van der Waals surface area contributed by atoms with E-state index in [1.54, 1.807) is 23.8 Å². The number of carboxylic acids is 2. The van der Waals surface area contributed by atoms with Gasteiger partial charge in [-0.15, -0.1) is 11.3 Å². The van der Waals surface area contributed by atoms with Gasteiger partial charge in [0.05, 0.1) is 10.6 Å². The Bertz CT molecular complexity index is 1150. The molecular formula is C26H34N4O8S2. The summed E-state index contributed by atoms with van der Waals surface area (Å²) in [5.74, 6) is -5.23. The third-order valence-electron chi connectivity index (χ3n) is 7.86. The monoisotopic (exact) mass is 594 g/mol. The van der Waals surface area contributed by atoms with Crippen LogP contribution in [0.1, 0.15) is 48.2 Å². The highest BCUT2D eigenvalue weighted by Crippen LogP contribution is 2.36. The average molecular weight is 595 g/mol. The molecule has 2 saturated heterocycles. The van der Waals surface area contributed by atoms with Gasteiger partial charge < -0.3 is 30.6 Å². The zero-order valence-corrected chi connectivity index (χ0v) is 23.7. The van der Waals surface area contributed by atoms with Crippen LogP contribution in [0.2, 0.25) is 0 Å². The fraction of sp³-hybridized carbons (Fsp3) is 0.615. The first-order valence-electron chi connectivity index (χ1n) is 13.3. The van der Waals surface area contributed by atoms with Crippen LogP contribution in [-0.4, -0.2) is 105 Å². The molecule has 0 bridgehead atoms. The van der Waals surface area contributed by atoms with Crippen LogP contribution >= 0.6 is 23.1 Å². The second kappa shape index (κ2) is 13.0. The number of carbonyl (C=O) groups excluding carboxylic acids is 4. The van der Waals surface area contributed by atoms with Crippen molar-refractivity contribution >= 4 is 58.7 Å². The molecule has 3 heterocycles. The lowest BCUT2D eigenvalue weighted by molar-refractivity contribution is -0.156. The fourth-order valence-corrected chi connectivity index (χ4v) is 7.02. The fourth-order valence-electron chi connectivity index (χ4n) is 6.05. The standard InChI is InChI=1S/C26H34N4O8S2/c1-39-13-21(31)27-14-9-18(25(35)36)29(11-14)23(33)16-5-2-3-6-17(16)24(34)30-12-15(10-19(30)26(37)38)28-22(32)20-7-4-8-40-20/h4,7-8,14-19H,2-3,5-6,9-13H2,1H3,(H,27,31)(H,28,32)(H,35,36)(H,37,38)/t14-,15-,16-,17+,18-,19-/m0/s1. The van der Waals surface area contributed by atoms with E-state index in [0.717, 1.165) is 0 Å². The topological polar surface area (TPSA) is 173 Å². The van der Waals surface area contributed by atoms with Crippen LogP contribution in [0.5, 0.6) is 0 Å². The van der Waals surface area contributed by atoms with Crippen LogP contribution < -0.4 is 10.6 Å². The zero-order valence-electron chi connectivity index (χ0n) is 22.1. The van der Waals surface area contributed by atoms with E-state index in [-0.39, 0.29) is 43.5 Å². The number of carbonyl (C=O) groups is 6. The lowest BCUT2D eigenvalue weighted by atomic mass is 9.77. The summed E-state index contributed by atoms with van der Waals surface area (Å²) in [6, 6.07) is 0.0588. The third-order valence-corrected chi connectivity index (χ3v) is 9.28. The maximum Gasteiger partial charge on any atom is 0.326 e. The molecule has 218 valence electrons. The van der Waals surface area contributed by atoms with E-state index in [1.165, 1.54) is 32.9 Å². The van der Waals surface area contributed by atoms with Gasteiger partial charge in [0.1, 0.15) is 12.1 Å². The van der Waals surface area contributed by atoms with Gasteiger partial charge in [-0.2, -0.15) is 11.8 Å². The molecule has 3 fully saturated rings. The van der Waals surface area contributed by atoms with Gasteiger partial charge in [0.2, 0.25) is 17.7 Å². The molecule has 2 aliphatic heterocycles. The van der Waals surface area contributed by atoms with Gasteiger partial charge in [0.25, 0.3) is 5.91 Å². The second-order valence-electron chi connectivity index (χ2n) is 10.5. The number of hydrogen-bond acceptors (Lipinski definition) is 8. The minimum Gasteiger partial charge on any atom is -0.480 e. The smallest absolute Gasteiger partial charge is 0.326 e. The molecule has 40 heavy (non-hydrogen) atoms.